The van der Waals surface area contributed by atoms with E-state index in [9.17, 15) is 9.18 Å². The third-order valence-corrected chi connectivity index (χ3v) is 4.44. The molecule has 0 saturated carbocycles. The summed E-state index contributed by atoms with van der Waals surface area (Å²) in [6, 6.07) is 12.1. The number of carbonyl (C=O) groups excluding carboxylic acids is 1. The molecular formula is C16H13FN2OS. The van der Waals surface area contributed by atoms with E-state index in [0.717, 1.165) is 10.1 Å². The Kier molecular flexibility index (Phi) is 3.35. The lowest BCUT2D eigenvalue weighted by Gasteiger charge is -2.06. The third kappa shape index (κ3) is 2.48. The summed E-state index contributed by atoms with van der Waals surface area (Å²) < 4.78 is 14.2. The first kappa shape index (κ1) is 13.6. The largest absolute Gasteiger partial charge is 0.397 e. The Labute approximate surface area is 125 Å². The fourth-order valence-corrected chi connectivity index (χ4v) is 3.16. The van der Waals surface area contributed by atoms with Crippen molar-refractivity contribution in [2.24, 2.45) is 0 Å². The first-order valence-corrected chi connectivity index (χ1v) is 7.22. The van der Waals surface area contributed by atoms with E-state index >= 15 is 0 Å². The van der Waals surface area contributed by atoms with Gasteiger partial charge in [-0.05, 0) is 36.8 Å². The molecule has 1 heterocycles. The summed E-state index contributed by atoms with van der Waals surface area (Å²) in [6.45, 7) is 1.65. The monoisotopic (exact) mass is 300 g/mol. The van der Waals surface area contributed by atoms with Crippen LogP contribution in [0, 0.1) is 12.7 Å². The van der Waals surface area contributed by atoms with E-state index < -0.39 is 0 Å². The number of halogens is 1. The SMILES string of the molecule is Cc1cc(NC(=O)c2sc3ccccc3c2N)ccc1F. The van der Waals surface area contributed by atoms with Gasteiger partial charge >= 0.3 is 0 Å². The molecule has 1 aromatic heterocycles. The second-order valence-electron chi connectivity index (χ2n) is 4.76. The Bertz CT molecular complexity index is 841. The van der Waals surface area contributed by atoms with Gasteiger partial charge in [0.05, 0.1) is 5.69 Å². The van der Waals surface area contributed by atoms with Crippen LogP contribution >= 0.6 is 11.3 Å². The van der Waals surface area contributed by atoms with Crippen molar-refractivity contribution in [2.45, 2.75) is 6.92 Å². The molecule has 3 N–H and O–H groups in total. The molecule has 3 aromatic rings. The first-order chi connectivity index (χ1) is 10.1. The molecule has 0 aliphatic carbocycles. The van der Waals surface area contributed by atoms with E-state index in [-0.39, 0.29) is 11.7 Å². The number of nitrogens with one attached hydrogen (secondary N) is 1. The molecule has 0 saturated heterocycles. The Balaban J connectivity index is 1.93. The van der Waals surface area contributed by atoms with Crippen molar-refractivity contribution in [3.05, 3.63) is 58.7 Å². The van der Waals surface area contributed by atoms with E-state index in [1.165, 1.54) is 23.5 Å². The summed E-state index contributed by atoms with van der Waals surface area (Å²) in [5.74, 6) is -0.575. The molecular weight excluding hydrogens is 287 g/mol. The van der Waals surface area contributed by atoms with Crippen molar-refractivity contribution in [2.75, 3.05) is 11.1 Å². The van der Waals surface area contributed by atoms with Gasteiger partial charge in [0, 0.05) is 15.8 Å². The highest BCUT2D eigenvalue weighted by atomic mass is 32.1. The van der Waals surface area contributed by atoms with E-state index in [1.54, 1.807) is 13.0 Å². The van der Waals surface area contributed by atoms with Gasteiger partial charge < -0.3 is 11.1 Å². The lowest BCUT2D eigenvalue weighted by Crippen LogP contribution is -2.12. The van der Waals surface area contributed by atoms with Crippen molar-refractivity contribution < 1.29 is 9.18 Å². The highest BCUT2D eigenvalue weighted by Gasteiger charge is 2.16. The Morgan fingerprint density at radius 1 is 1.24 bits per heavy atom. The zero-order valence-corrected chi connectivity index (χ0v) is 12.1. The van der Waals surface area contributed by atoms with E-state index in [4.69, 9.17) is 5.73 Å². The molecule has 0 radical (unpaired) electrons. The minimum atomic E-state index is -0.297. The molecule has 0 atom stereocenters. The molecule has 21 heavy (non-hydrogen) atoms. The number of amides is 1. The van der Waals surface area contributed by atoms with Crippen molar-refractivity contribution in [3.63, 3.8) is 0 Å². The van der Waals surface area contributed by atoms with Gasteiger partial charge in [0.15, 0.2) is 0 Å². The van der Waals surface area contributed by atoms with Gasteiger partial charge in [-0.3, -0.25) is 4.79 Å². The zero-order valence-electron chi connectivity index (χ0n) is 11.3. The van der Waals surface area contributed by atoms with Crippen LogP contribution in [0.15, 0.2) is 42.5 Å². The van der Waals surface area contributed by atoms with Crippen LogP contribution in [-0.4, -0.2) is 5.91 Å². The lowest BCUT2D eigenvalue weighted by molar-refractivity contribution is 0.103. The fourth-order valence-electron chi connectivity index (χ4n) is 2.14. The van der Waals surface area contributed by atoms with Crippen molar-refractivity contribution in [3.8, 4) is 0 Å². The minimum Gasteiger partial charge on any atom is -0.397 e. The van der Waals surface area contributed by atoms with Crippen molar-refractivity contribution in [1.29, 1.82) is 0 Å². The van der Waals surface area contributed by atoms with Crippen LogP contribution in [0.3, 0.4) is 0 Å². The van der Waals surface area contributed by atoms with E-state index in [1.807, 2.05) is 24.3 Å². The Morgan fingerprint density at radius 2 is 2.00 bits per heavy atom. The normalized spacial score (nSPS) is 10.8. The number of nitrogen functional groups attached to an aromatic ring is 1. The molecule has 2 aromatic carbocycles. The highest BCUT2D eigenvalue weighted by Crippen LogP contribution is 2.33. The van der Waals surface area contributed by atoms with Gasteiger partial charge in [-0.15, -0.1) is 11.3 Å². The van der Waals surface area contributed by atoms with Gasteiger partial charge in [0.25, 0.3) is 5.91 Å². The van der Waals surface area contributed by atoms with Gasteiger partial charge in [-0.25, -0.2) is 4.39 Å². The molecule has 0 unspecified atom stereocenters. The topological polar surface area (TPSA) is 55.1 Å². The van der Waals surface area contributed by atoms with Crippen LogP contribution in [0.5, 0.6) is 0 Å². The smallest absolute Gasteiger partial charge is 0.267 e. The Hall–Kier alpha value is -2.40. The number of aryl methyl sites for hydroxylation is 1. The number of benzene rings is 2. The Morgan fingerprint density at radius 3 is 2.71 bits per heavy atom. The number of carbonyl (C=O) groups is 1. The molecule has 0 bridgehead atoms. The van der Waals surface area contributed by atoms with Gasteiger partial charge in [-0.1, -0.05) is 18.2 Å². The van der Waals surface area contributed by atoms with Crippen LogP contribution in [0.1, 0.15) is 15.2 Å². The molecule has 0 aliphatic rings. The first-order valence-electron chi connectivity index (χ1n) is 6.41. The fraction of sp³-hybridized carbons (Fsp3) is 0.0625. The maximum atomic E-state index is 13.2. The molecule has 0 fully saturated rings. The van der Waals surface area contributed by atoms with E-state index in [0.29, 0.717) is 21.8 Å². The summed E-state index contributed by atoms with van der Waals surface area (Å²) in [7, 11) is 0. The van der Waals surface area contributed by atoms with Crippen LogP contribution in [0.25, 0.3) is 10.1 Å². The molecule has 0 spiro atoms. The molecule has 1 amide bonds. The van der Waals surface area contributed by atoms with Gasteiger partial charge in [0.2, 0.25) is 0 Å². The predicted octanol–water partition coefficient (Wildman–Crippen LogP) is 4.18. The second kappa shape index (κ2) is 5.18. The predicted molar refractivity (Wildman–Crippen MR) is 85.3 cm³/mol. The molecule has 5 heteroatoms. The number of thiophene rings is 1. The second-order valence-corrected chi connectivity index (χ2v) is 5.81. The molecule has 106 valence electrons. The third-order valence-electron chi connectivity index (χ3n) is 3.26. The average Bonchev–Trinajstić information content (AvgIpc) is 2.81. The molecule has 3 nitrogen and oxygen atoms in total. The summed E-state index contributed by atoms with van der Waals surface area (Å²) in [6.07, 6.45) is 0. The molecule has 0 aliphatic heterocycles. The summed E-state index contributed by atoms with van der Waals surface area (Å²) >= 11 is 1.35. The van der Waals surface area contributed by atoms with Crippen molar-refractivity contribution in [1.82, 2.24) is 0 Å². The minimum absolute atomic E-state index is 0.278. The van der Waals surface area contributed by atoms with Gasteiger partial charge in [0.1, 0.15) is 10.7 Å². The maximum Gasteiger partial charge on any atom is 0.267 e. The lowest BCUT2D eigenvalue weighted by atomic mass is 10.2. The number of anilines is 2. The number of fused-ring (bicyclic) bond motifs is 1. The standard InChI is InChI=1S/C16H13FN2OS/c1-9-8-10(6-7-12(9)17)19-16(20)15-14(18)11-4-2-3-5-13(11)21-15/h2-8H,18H2,1H3,(H,19,20). The number of hydrogen-bond donors (Lipinski definition) is 2. The zero-order chi connectivity index (χ0) is 15.0. The van der Waals surface area contributed by atoms with E-state index in [2.05, 4.69) is 5.32 Å². The van der Waals surface area contributed by atoms with Gasteiger partial charge in [-0.2, -0.15) is 0 Å². The summed E-state index contributed by atoms with van der Waals surface area (Å²) in [5, 5.41) is 3.63. The van der Waals surface area contributed by atoms with Crippen LogP contribution in [0.2, 0.25) is 0 Å². The quantitative estimate of drug-likeness (QED) is 0.746. The van der Waals surface area contributed by atoms with Crippen LogP contribution in [-0.2, 0) is 0 Å². The average molecular weight is 300 g/mol. The maximum absolute atomic E-state index is 13.2. The highest BCUT2D eigenvalue weighted by molar-refractivity contribution is 7.21. The summed E-state index contributed by atoms with van der Waals surface area (Å²) in [4.78, 5) is 12.8. The van der Waals surface area contributed by atoms with Crippen molar-refractivity contribution >= 4 is 38.7 Å². The summed E-state index contributed by atoms with van der Waals surface area (Å²) in [5.41, 5.74) is 7.55. The van der Waals surface area contributed by atoms with Crippen LogP contribution in [0.4, 0.5) is 15.8 Å². The molecule has 3 rings (SSSR count). The number of nitrogens with two attached hydrogens (primary N) is 1. The number of rotatable bonds is 2. The van der Waals surface area contributed by atoms with Crippen LogP contribution < -0.4 is 11.1 Å². The number of hydrogen-bond acceptors (Lipinski definition) is 3.